The highest BCUT2D eigenvalue weighted by atomic mass is 16.2. The number of aromatic nitrogens is 1. The Morgan fingerprint density at radius 2 is 1.56 bits per heavy atom. The first kappa shape index (κ1) is 25.9. The minimum absolute atomic E-state index is 0.0344. The number of hydrogen-bond acceptors (Lipinski definition) is 2. The summed E-state index contributed by atoms with van der Waals surface area (Å²) in [4.78, 5) is 27.1. The number of anilines is 1. The molecule has 0 saturated heterocycles. The van der Waals surface area contributed by atoms with E-state index in [0.29, 0.717) is 12.0 Å². The fourth-order valence-electron chi connectivity index (χ4n) is 4.40. The zero-order chi connectivity index (χ0) is 24.2. The number of nitrogens with zero attached hydrogens (tertiary/aromatic N) is 1. The van der Waals surface area contributed by atoms with Gasteiger partial charge in [0.25, 0.3) is 5.91 Å². The number of benzene rings is 1. The average molecular weight is 439 g/mol. The lowest BCUT2D eigenvalue weighted by Crippen LogP contribution is -2.31. The number of carbonyl (C=O) groups is 1. The third-order valence-corrected chi connectivity index (χ3v) is 6.65. The van der Waals surface area contributed by atoms with E-state index in [0.717, 1.165) is 65.9 Å². The third kappa shape index (κ3) is 5.16. The van der Waals surface area contributed by atoms with Crippen LogP contribution in [0.25, 0.3) is 0 Å². The number of aryl methyl sites for hydroxylation is 2. The van der Waals surface area contributed by atoms with E-state index in [1.54, 1.807) is 0 Å². The summed E-state index contributed by atoms with van der Waals surface area (Å²) < 4.78 is 2.05. The van der Waals surface area contributed by atoms with Crippen LogP contribution in [0.1, 0.15) is 105 Å². The molecule has 0 unspecified atom stereocenters. The number of rotatable bonds is 8. The second-order valence-electron chi connectivity index (χ2n) is 9.81. The minimum atomic E-state index is -0.278. The lowest BCUT2D eigenvalue weighted by molar-refractivity contribution is 0.102. The Labute approximate surface area is 194 Å². The molecule has 4 nitrogen and oxygen atoms in total. The summed E-state index contributed by atoms with van der Waals surface area (Å²) in [6.45, 7) is 16.9. The maximum Gasteiger partial charge on any atom is 0.261 e. The normalized spacial score (nSPS) is 11.7. The summed E-state index contributed by atoms with van der Waals surface area (Å²) in [7, 11) is 1.97. The number of hydrogen-bond donors (Lipinski definition) is 1. The van der Waals surface area contributed by atoms with Crippen molar-refractivity contribution in [2.45, 2.75) is 99.3 Å². The van der Waals surface area contributed by atoms with Crippen LogP contribution in [0.3, 0.4) is 0 Å². The van der Waals surface area contributed by atoms with Crippen LogP contribution in [-0.4, -0.2) is 10.5 Å². The molecule has 0 radical (unpaired) electrons. The second-order valence-corrected chi connectivity index (χ2v) is 9.81. The number of nitrogens with one attached hydrogen (secondary N) is 1. The first-order valence-corrected chi connectivity index (χ1v) is 12.2. The molecule has 2 rings (SSSR count). The van der Waals surface area contributed by atoms with Gasteiger partial charge in [-0.05, 0) is 61.1 Å². The molecule has 1 aromatic carbocycles. The molecule has 0 spiro atoms. The van der Waals surface area contributed by atoms with Crippen LogP contribution in [0.4, 0.5) is 5.69 Å². The molecule has 0 bridgehead atoms. The second kappa shape index (κ2) is 10.5. The monoisotopic (exact) mass is 438 g/mol. The van der Waals surface area contributed by atoms with Gasteiger partial charge in [-0.15, -0.1) is 0 Å². The first-order valence-electron chi connectivity index (χ1n) is 12.2. The van der Waals surface area contributed by atoms with Gasteiger partial charge >= 0.3 is 0 Å². The average Bonchev–Trinajstić information content (AvgIpc) is 2.74. The molecule has 1 heterocycles. The van der Waals surface area contributed by atoms with Crippen molar-refractivity contribution in [3.63, 3.8) is 0 Å². The van der Waals surface area contributed by atoms with E-state index in [9.17, 15) is 9.59 Å². The van der Waals surface area contributed by atoms with E-state index < -0.39 is 0 Å². The van der Waals surface area contributed by atoms with Gasteiger partial charge in [-0.3, -0.25) is 9.59 Å². The molecule has 1 aromatic heterocycles. The molecule has 2 aromatic rings. The summed E-state index contributed by atoms with van der Waals surface area (Å²) in [6, 6.07) is 4.41. The molecule has 176 valence electrons. The Kier molecular flexibility index (Phi) is 8.50. The number of carbonyl (C=O) groups excluding carboxylic acids is 1. The lowest BCUT2D eigenvalue weighted by Gasteiger charge is -2.24. The number of amides is 1. The van der Waals surface area contributed by atoms with Crippen LogP contribution in [0.15, 0.2) is 16.9 Å². The summed E-state index contributed by atoms with van der Waals surface area (Å²) in [5.74, 6) is -0.278. The molecule has 0 atom stereocenters. The van der Waals surface area contributed by atoms with E-state index in [-0.39, 0.29) is 16.8 Å². The Hall–Kier alpha value is -2.36. The molecule has 1 amide bonds. The van der Waals surface area contributed by atoms with Crippen molar-refractivity contribution >= 4 is 11.6 Å². The minimum Gasteiger partial charge on any atom is -0.351 e. The van der Waals surface area contributed by atoms with Gasteiger partial charge in [-0.1, -0.05) is 67.0 Å². The van der Waals surface area contributed by atoms with Gasteiger partial charge in [0.1, 0.15) is 5.56 Å². The van der Waals surface area contributed by atoms with E-state index in [2.05, 4.69) is 63.6 Å². The first-order chi connectivity index (χ1) is 15.0. The number of pyridine rings is 1. The Morgan fingerprint density at radius 3 is 2.00 bits per heavy atom. The highest BCUT2D eigenvalue weighted by molar-refractivity contribution is 6.06. The Bertz CT molecular complexity index is 1010. The molecule has 0 aliphatic heterocycles. The van der Waals surface area contributed by atoms with Crippen molar-refractivity contribution in [2.75, 3.05) is 5.32 Å². The quantitative estimate of drug-likeness (QED) is 0.528. The van der Waals surface area contributed by atoms with E-state index in [4.69, 9.17) is 0 Å². The van der Waals surface area contributed by atoms with Crippen molar-refractivity contribution in [3.05, 3.63) is 61.6 Å². The highest BCUT2D eigenvalue weighted by Gasteiger charge is 2.24. The standard InChI is InChI=1S/C28H42N2O2/c1-10-14-15-23-24(26(31)22(13-4)18(5)30(23)9)27(32)29-25-19(11-2)16-21(28(6,7)8)17-20(25)12-3/h16-17H,10-15H2,1-9H3,(H,29,32). The van der Waals surface area contributed by atoms with Gasteiger partial charge in [-0.2, -0.15) is 0 Å². The van der Waals surface area contributed by atoms with Gasteiger partial charge in [0.2, 0.25) is 0 Å². The fourth-order valence-corrected chi connectivity index (χ4v) is 4.40. The summed E-state index contributed by atoms with van der Waals surface area (Å²) in [5.41, 5.74) is 7.14. The molecule has 32 heavy (non-hydrogen) atoms. The highest BCUT2D eigenvalue weighted by Crippen LogP contribution is 2.31. The third-order valence-electron chi connectivity index (χ3n) is 6.65. The molecular formula is C28H42N2O2. The predicted octanol–water partition coefficient (Wildman–Crippen LogP) is 6.27. The largest absolute Gasteiger partial charge is 0.351 e. The summed E-state index contributed by atoms with van der Waals surface area (Å²) in [5, 5.41) is 3.18. The molecule has 0 aliphatic carbocycles. The predicted molar refractivity (Wildman–Crippen MR) is 136 cm³/mol. The van der Waals surface area contributed by atoms with Gasteiger partial charge in [0.05, 0.1) is 0 Å². The van der Waals surface area contributed by atoms with Crippen LogP contribution in [0.2, 0.25) is 0 Å². The van der Waals surface area contributed by atoms with Crippen molar-refractivity contribution in [2.24, 2.45) is 7.05 Å². The maximum atomic E-state index is 13.6. The van der Waals surface area contributed by atoms with Crippen LogP contribution >= 0.6 is 0 Å². The zero-order valence-corrected chi connectivity index (χ0v) is 21.7. The van der Waals surface area contributed by atoms with Crippen LogP contribution in [-0.2, 0) is 38.1 Å². The lowest BCUT2D eigenvalue weighted by atomic mass is 9.83. The van der Waals surface area contributed by atoms with Gasteiger partial charge in [0.15, 0.2) is 5.43 Å². The Balaban J connectivity index is 2.67. The molecule has 0 saturated carbocycles. The van der Waals surface area contributed by atoms with Crippen molar-refractivity contribution in [1.29, 1.82) is 0 Å². The Morgan fingerprint density at radius 1 is 1.00 bits per heavy atom. The van der Waals surface area contributed by atoms with Crippen LogP contribution in [0.5, 0.6) is 0 Å². The molecule has 1 N–H and O–H groups in total. The van der Waals surface area contributed by atoms with E-state index in [1.807, 2.05) is 20.9 Å². The van der Waals surface area contributed by atoms with E-state index >= 15 is 0 Å². The zero-order valence-electron chi connectivity index (χ0n) is 21.7. The summed E-state index contributed by atoms with van der Waals surface area (Å²) in [6.07, 6.45) is 4.94. The van der Waals surface area contributed by atoms with Gasteiger partial charge in [0, 0.05) is 29.7 Å². The van der Waals surface area contributed by atoms with Gasteiger partial charge in [-0.25, -0.2) is 0 Å². The molecular weight excluding hydrogens is 396 g/mol. The molecule has 0 aliphatic rings. The van der Waals surface area contributed by atoms with Crippen molar-refractivity contribution < 1.29 is 4.79 Å². The van der Waals surface area contributed by atoms with Gasteiger partial charge < -0.3 is 9.88 Å². The van der Waals surface area contributed by atoms with Crippen LogP contribution in [0, 0.1) is 6.92 Å². The maximum absolute atomic E-state index is 13.6. The fraction of sp³-hybridized carbons (Fsp3) is 0.571. The molecule has 0 fully saturated rings. The SMILES string of the molecule is CCCCc1c(C(=O)Nc2c(CC)cc(C(C)(C)C)cc2CC)c(=O)c(CC)c(C)n1C. The van der Waals surface area contributed by atoms with Crippen molar-refractivity contribution in [1.82, 2.24) is 4.57 Å². The number of unbranched alkanes of at least 4 members (excludes halogenated alkanes) is 1. The van der Waals surface area contributed by atoms with E-state index in [1.165, 1.54) is 5.56 Å². The van der Waals surface area contributed by atoms with Crippen molar-refractivity contribution in [3.8, 4) is 0 Å². The van der Waals surface area contributed by atoms with Crippen LogP contribution < -0.4 is 10.7 Å². The summed E-state index contributed by atoms with van der Waals surface area (Å²) >= 11 is 0. The topological polar surface area (TPSA) is 51.1 Å². The molecule has 4 heteroatoms. The smallest absolute Gasteiger partial charge is 0.261 e.